The molecule has 0 aromatic carbocycles. The van der Waals surface area contributed by atoms with Gasteiger partial charge in [0.25, 0.3) is 0 Å². The van der Waals surface area contributed by atoms with Crippen LogP contribution in [-0.2, 0) is 24.3 Å². The van der Waals surface area contributed by atoms with Crippen molar-refractivity contribution in [1.82, 2.24) is 10.0 Å². The van der Waals surface area contributed by atoms with Crippen LogP contribution < -0.4 is 10.0 Å². The number of carboxylic acid groups (broad SMARTS) is 1. The van der Waals surface area contributed by atoms with Crippen molar-refractivity contribution < 1.29 is 27.9 Å². The Morgan fingerprint density at radius 1 is 1.33 bits per heavy atom. The van der Waals surface area contributed by atoms with Crippen LogP contribution in [-0.4, -0.2) is 51.7 Å². The topological polar surface area (TPSA) is 122 Å². The van der Waals surface area contributed by atoms with Crippen LogP contribution in [0.15, 0.2) is 21.7 Å². The van der Waals surface area contributed by atoms with Crippen molar-refractivity contribution >= 4 is 33.2 Å². The van der Waals surface area contributed by atoms with Gasteiger partial charge in [-0.1, -0.05) is 6.07 Å². The molecule has 21 heavy (non-hydrogen) atoms. The number of carboxylic acids is 1. The summed E-state index contributed by atoms with van der Waals surface area (Å²) >= 11 is 1.09. The zero-order valence-corrected chi connectivity index (χ0v) is 12.7. The Bertz CT molecular complexity index is 555. The van der Waals surface area contributed by atoms with E-state index in [0.29, 0.717) is 0 Å². The van der Waals surface area contributed by atoms with Crippen molar-refractivity contribution in [2.24, 2.45) is 0 Å². The molecule has 0 saturated heterocycles. The molecule has 1 aromatic rings. The van der Waals surface area contributed by atoms with Gasteiger partial charge < -0.3 is 15.2 Å². The lowest BCUT2D eigenvalue weighted by Gasteiger charge is -2.06. The first-order valence-electron chi connectivity index (χ1n) is 6.01. The van der Waals surface area contributed by atoms with Crippen molar-refractivity contribution in [3.63, 3.8) is 0 Å². The van der Waals surface area contributed by atoms with E-state index in [9.17, 15) is 18.0 Å². The van der Waals surface area contributed by atoms with Crippen molar-refractivity contribution in [2.75, 3.05) is 26.3 Å². The van der Waals surface area contributed by atoms with Crippen LogP contribution in [0, 0.1) is 0 Å². The summed E-state index contributed by atoms with van der Waals surface area (Å²) in [6.45, 7) is -0.179. The third-order valence-electron chi connectivity index (χ3n) is 2.20. The molecule has 3 N–H and O–H groups in total. The number of thiophene rings is 1. The lowest BCUT2D eigenvalue weighted by atomic mass is 10.4. The van der Waals surface area contributed by atoms with Gasteiger partial charge in [-0.3, -0.25) is 4.79 Å². The summed E-state index contributed by atoms with van der Waals surface area (Å²) in [6, 6.07) is 3.11. The van der Waals surface area contributed by atoms with Crippen molar-refractivity contribution in [2.45, 2.75) is 10.6 Å². The predicted molar refractivity (Wildman–Crippen MR) is 75.6 cm³/mol. The van der Waals surface area contributed by atoms with E-state index in [0.717, 1.165) is 11.3 Å². The smallest absolute Gasteiger partial charge is 0.329 e. The highest BCUT2D eigenvalue weighted by Gasteiger charge is 2.14. The highest BCUT2D eigenvalue weighted by molar-refractivity contribution is 7.91. The van der Waals surface area contributed by atoms with Crippen LogP contribution in [0.1, 0.15) is 6.42 Å². The molecular weight excluding hydrogens is 320 g/mol. The Morgan fingerprint density at radius 3 is 2.71 bits per heavy atom. The molecule has 1 rings (SSSR count). The summed E-state index contributed by atoms with van der Waals surface area (Å²) < 4.78 is 30.7. The van der Waals surface area contributed by atoms with Crippen LogP contribution >= 0.6 is 11.3 Å². The van der Waals surface area contributed by atoms with Gasteiger partial charge in [0.15, 0.2) is 0 Å². The molecule has 1 heterocycles. The van der Waals surface area contributed by atoms with Gasteiger partial charge in [-0.25, -0.2) is 17.9 Å². The number of hydrogen-bond donors (Lipinski definition) is 3. The number of nitrogens with one attached hydrogen (secondary N) is 2. The minimum absolute atomic E-state index is 0.0104. The van der Waals surface area contributed by atoms with Gasteiger partial charge in [0.05, 0.1) is 6.61 Å². The number of ether oxygens (including phenoxy) is 1. The van der Waals surface area contributed by atoms with Gasteiger partial charge in [-0.2, -0.15) is 0 Å². The molecule has 10 heteroatoms. The van der Waals surface area contributed by atoms with E-state index in [2.05, 4.69) is 10.0 Å². The van der Waals surface area contributed by atoms with Gasteiger partial charge in [0, 0.05) is 19.5 Å². The highest BCUT2D eigenvalue weighted by atomic mass is 32.2. The largest absolute Gasteiger partial charge is 0.480 e. The lowest BCUT2D eigenvalue weighted by molar-refractivity contribution is -0.142. The van der Waals surface area contributed by atoms with E-state index >= 15 is 0 Å². The Balaban J connectivity index is 2.15. The average Bonchev–Trinajstić information content (AvgIpc) is 2.92. The summed E-state index contributed by atoms with van der Waals surface area (Å²) in [5.74, 6) is -1.42. The fourth-order valence-electron chi connectivity index (χ4n) is 1.30. The normalized spacial score (nSPS) is 11.2. The molecule has 0 saturated carbocycles. The minimum Gasteiger partial charge on any atom is -0.480 e. The summed E-state index contributed by atoms with van der Waals surface area (Å²) in [5.41, 5.74) is 0. The van der Waals surface area contributed by atoms with Crippen LogP contribution in [0.25, 0.3) is 0 Å². The number of aliphatic carboxylic acids is 1. The molecule has 0 atom stereocenters. The van der Waals surface area contributed by atoms with Crippen molar-refractivity contribution in [3.8, 4) is 0 Å². The second kappa shape index (κ2) is 8.72. The summed E-state index contributed by atoms with van der Waals surface area (Å²) in [5, 5.41) is 12.5. The SMILES string of the molecule is O=C(O)COCCNC(=O)CCNS(=O)(=O)c1cccs1. The first-order chi connectivity index (χ1) is 9.92. The number of carbonyl (C=O) groups is 2. The summed E-state index contributed by atoms with van der Waals surface area (Å²) in [4.78, 5) is 21.5. The number of hydrogen-bond acceptors (Lipinski definition) is 6. The van der Waals surface area contributed by atoms with Crippen molar-refractivity contribution in [3.05, 3.63) is 17.5 Å². The summed E-state index contributed by atoms with van der Waals surface area (Å²) in [6.07, 6.45) is -0.0104. The zero-order valence-electron chi connectivity index (χ0n) is 11.1. The molecular formula is C11H16N2O6S2. The first kappa shape index (κ1) is 17.6. The predicted octanol–water partition coefficient (Wildman–Crippen LogP) is -0.366. The molecule has 0 aliphatic heterocycles. The number of rotatable bonds is 10. The third kappa shape index (κ3) is 7.18. The molecule has 1 aromatic heterocycles. The van der Waals surface area contributed by atoms with E-state index < -0.39 is 22.6 Å². The van der Waals surface area contributed by atoms with E-state index in [1.807, 2.05) is 0 Å². The van der Waals surface area contributed by atoms with E-state index in [1.54, 1.807) is 11.4 Å². The van der Waals surface area contributed by atoms with Gasteiger partial charge in [-0.05, 0) is 11.4 Å². The molecule has 0 fully saturated rings. The molecule has 0 radical (unpaired) electrons. The highest BCUT2D eigenvalue weighted by Crippen LogP contribution is 2.14. The quantitative estimate of drug-likeness (QED) is 0.501. The molecule has 0 aliphatic carbocycles. The molecule has 0 bridgehead atoms. The van der Waals surface area contributed by atoms with Gasteiger partial charge in [0.1, 0.15) is 10.8 Å². The first-order valence-corrected chi connectivity index (χ1v) is 8.37. The second-order valence-electron chi connectivity index (χ2n) is 3.88. The molecule has 0 unspecified atom stereocenters. The second-order valence-corrected chi connectivity index (χ2v) is 6.82. The van der Waals surface area contributed by atoms with Crippen LogP contribution in [0.4, 0.5) is 0 Å². The maximum Gasteiger partial charge on any atom is 0.329 e. The minimum atomic E-state index is -3.55. The average molecular weight is 336 g/mol. The fourth-order valence-corrected chi connectivity index (χ4v) is 3.37. The van der Waals surface area contributed by atoms with Gasteiger partial charge >= 0.3 is 5.97 Å². The third-order valence-corrected chi connectivity index (χ3v) is 5.06. The van der Waals surface area contributed by atoms with E-state index in [-0.39, 0.29) is 36.2 Å². The number of amides is 1. The van der Waals surface area contributed by atoms with Crippen molar-refractivity contribution in [1.29, 1.82) is 0 Å². The Labute approximate surface area is 126 Å². The molecule has 0 aliphatic rings. The Morgan fingerprint density at radius 2 is 2.10 bits per heavy atom. The zero-order chi connectivity index (χ0) is 15.7. The summed E-state index contributed by atoms with van der Waals surface area (Å²) in [7, 11) is -3.55. The standard InChI is InChI=1S/C11H16N2O6S2/c14-9(12-5-6-19-8-10(15)16)3-4-13-21(17,18)11-2-1-7-20-11/h1-2,7,13H,3-6,8H2,(H,12,14)(H,15,16). The van der Waals surface area contributed by atoms with E-state index in [4.69, 9.17) is 9.84 Å². The van der Waals surface area contributed by atoms with Gasteiger partial charge in [-0.15, -0.1) is 11.3 Å². The monoisotopic (exact) mass is 336 g/mol. The van der Waals surface area contributed by atoms with Crippen LogP contribution in [0.5, 0.6) is 0 Å². The van der Waals surface area contributed by atoms with E-state index in [1.165, 1.54) is 6.07 Å². The Hall–Kier alpha value is -1.49. The van der Waals surface area contributed by atoms with Crippen LogP contribution in [0.2, 0.25) is 0 Å². The van der Waals surface area contributed by atoms with Crippen LogP contribution in [0.3, 0.4) is 0 Å². The Kier molecular flexibility index (Phi) is 7.29. The molecule has 8 nitrogen and oxygen atoms in total. The molecule has 1 amide bonds. The fraction of sp³-hybridized carbons (Fsp3) is 0.455. The maximum atomic E-state index is 11.7. The van der Waals surface area contributed by atoms with Gasteiger partial charge in [0.2, 0.25) is 15.9 Å². The maximum absolute atomic E-state index is 11.7. The molecule has 0 spiro atoms. The molecule has 118 valence electrons. The number of sulfonamides is 1. The lowest BCUT2D eigenvalue weighted by Crippen LogP contribution is -2.32. The number of carbonyl (C=O) groups excluding carboxylic acids is 1.